The lowest BCUT2D eigenvalue weighted by atomic mass is 10.1. The molecule has 1 fully saturated rings. The summed E-state index contributed by atoms with van der Waals surface area (Å²) >= 11 is 1.47. The molecule has 4 rings (SSSR count). The molecule has 1 atom stereocenters. The molecule has 0 saturated carbocycles. The summed E-state index contributed by atoms with van der Waals surface area (Å²) in [4.78, 5) is 9.92. The number of aromatic nitrogens is 1. The van der Waals surface area contributed by atoms with Crippen molar-refractivity contribution in [3.63, 3.8) is 0 Å². The number of hydrogen-bond acceptors (Lipinski definition) is 5. The van der Waals surface area contributed by atoms with E-state index < -0.39 is 11.6 Å². The summed E-state index contributed by atoms with van der Waals surface area (Å²) in [7, 11) is 2.08. The van der Waals surface area contributed by atoms with Crippen molar-refractivity contribution in [2.75, 3.05) is 36.3 Å². The maximum Gasteiger partial charge on any atom is 0.177 e. The van der Waals surface area contributed by atoms with Crippen molar-refractivity contribution in [2.45, 2.75) is 13.0 Å². The molecule has 136 valence electrons. The number of piperazine rings is 1. The van der Waals surface area contributed by atoms with Crippen molar-refractivity contribution in [2.24, 2.45) is 0 Å². The van der Waals surface area contributed by atoms with Crippen LogP contribution < -0.4 is 9.62 Å². The minimum absolute atomic E-state index is 0.214. The van der Waals surface area contributed by atoms with E-state index in [0.29, 0.717) is 11.3 Å². The first kappa shape index (κ1) is 17.5. The largest absolute Gasteiger partial charge is 0.366 e. The fraction of sp³-hybridized carbons (Fsp3) is 0.316. The summed E-state index contributed by atoms with van der Waals surface area (Å²) < 4.78 is 31.1. The van der Waals surface area contributed by atoms with Gasteiger partial charge in [0.25, 0.3) is 0 Å². The van der Waals surface area contributed by atoms with Crippen LogP contribution in [-0.4, -0.2) is 42.6 Å². The summed E-state index contributed by atoms with van der Waals surface area (Å²) in [5, 5.41) is 0. The van der Waals surface area contributed by atoms with Crippen LogP contribution >= 0.6 is 11.9 Å². The molecule has 26 heavy (non-hydrogen) atoms. The number of halogens is 2. The smallest absolute Gasteiger partial charge is 0.177 e. The van der Waals surface area contributed by atoms with Gasteiger partial charge >= 0.3 is 0 Å². The second kappa shape index (κ2) is 6.70. The molecule has 3 aliphatic heterocycles. The van der Waals surface area contributed by atoms with Gasteiger partial charge in [0.05, 0.1) is 23.3 Å². The van der Waals surface area contributed by atoms with Gasteiger partial charge in [-0.15, -0.1) is 0 Å². The molecule has 0 spiro atoms. The van der Waals surface area contributed by atoms with Gasteiger partial charge in [0.1, 0.15) is 0 Å². The van der Waals surface area contributed by atoms with Gasteiger partial charge in [-0.25, -0.2) is 8.78 Å². The third-order valence-corrected chi connectivity index (χ3v) is 5.77. The molecule has 0 aromatic rings. The molecule has 0 aromatic carbocycles. The number of anilines is 2. The molecule has 1 saturated heterocycles. The van der Waals surface area contributed by atoms with E-state index in [9.17, 15) is 8.78 Å². The highest BCUT2D eigenvalue weighted by atomic mass is 32.2. The second-order valence-electron chi connectivity index (χ2n) is 6.69. The Bertz CT molecular complexity index is 854. The molecule has 0 aromatic heterocycles. The van der Waals surface area contributed by atoms with E-state index in [-0.39, 0.29) is 6.04 Å². The number of nitrogens with zero attached hydrogens (tertiary/aromatic N) is 3. The average molecular weight is 374 g/mol. The zero-order valence-electron chi connectivity index (χ0n) is 14.7. The van der Waals surface area contributed by atoms with Crippen LogP contribution in [-0.2, 0) is 0 Å². The minimum atomic E-state index is -0.946. The molecule has 1 N–H and O–H groups in total. The molecule has 3 heterocycles. The summed E-state index contributed by atoms with van der Waals surface area (Å²) in [6, 6.07) is 1.45. The second-order valence-corrected chi connectivity index (χ2v) is 7.74. The quantitative estimate of drug-likeness (QED) is 0.802. The summed E-state index contributed by atoms with van der Waals surface area (Å²) in [5.41, 5.74) is 3.92. The van der Waals surface area contributed by atoms with Crippen LogP contribution in [0.5, 0.6) is 0 Å². The fourth-order valence-electron chi connectivity index (χ4n) is 3.58. The van der Waals surface area contributed by atoms with Crippen molar-refractivity contribution in [1.82, 2.24) is 9.88 Å². The van der Waals surface area contributed by atoms with E-state index in [1.807, 2.05) is 13.3 Å². The van der Waals surface area contributed by atoms with E-state index in [2.05, 4.69) is 39.6 Å². The number of rotatable bonds is 2. The Hall–Kier alpha value is -1.86. The van der Waals surface area contributed by atoms with Gasteiger partial charge in [-0.2, -0.15) is 0 Å². The normalized spacial score (nSPS) is 20.7. The monoisotopic (exact) mass is 374 g/mol. The third-order valence-electron chi connectivity index (χ3n) is 5.03. The highest BCUT2D eigenvalue weighted by Crippen LogP contribution is 2.50. The standard InChI is InChI=1S/C19H20F2N4S/c1-4-12-10-25(6-5-24(12)3)19-14-7-11(2)26-23-17(14)13-8-15(20)16(21)9-22-18(13)19/h4,7-9,12,23H,1,5-6,10H2,2-3H3/t12-/m0/s1. The molecule has 7 heteroatoms. The van der Waals surface area contributed by atoms with Gasteiger partial charge < -0.3 is 9.62 Å². The topological polar surface area (TPSA) is 31.4 Å². The zero-order chi connectivity index (χ0) is 18.4. The molecule has 0 bridgehead atoms. The SMILES string of the molecule is [CH2][CH][C@H]1CN(c2c3ncc(F)c(F)cc-3c3c2C=C(C)SN3)CCN1C. The van der Waals surface area contributed by atoms with Gasteiger partial charge in [-0.3, -0.25) is 9.88 Å². The molecule has 0 unspecified atom stereocenters. The van der Waals surface area contributed by atoms with E-state index in [0.717, 1.165) is 47.7 Å². The Labute approximate surface area is 156 Å². The molecule has 4 nitrogen and oxygen atoms in total. The summed E-state index contributed by atoms with van der Waals surface area (Å²) in [6.45, 7) is 8.41. The predicted octanol–water partition coefficient (Wildman–Crippen LogP) is 4.06. The van der Waals surface area contributed by atoms with Crippen molar-refractivity contribution < 1.29 is 8.78 Å². The predicted molar refractivity (Wildman–Crippen MR) is 104 cm³/mol. The molecule has 1 aliphatic carbocycles. The highest BCUT2D eigenvalue weighted by Gasteiger charge is 2.32. The molecule has 0 amide bonds. The van der Waals surface area contributed by atoms with E-state index in [1.54, 1.807) is 0 Å². The Balaban J connectivity index is 1.90. The van der Waals surface area contributed by atoms with Crippen LogP contribution in [0.3, 0.4) is 0 Å². The Morgan fingerprint density at radius 1 is 1.35 bits per heavy atom. The molecule has 2 radical (unpaired) electrons. The van der Waals surface area contributed by atoms with Crippen LogP contribution in [0, 0.1) is 25.0 Å². The minimum Gasteiger partial charge on any atom is -0.366 e. The van der Waals surface area contributed by atoms with Gasteiger partial charge in [-0.05, 0) is 51.4 Å². The number of allylic oxidation sites excluding steroid dienone is 1. The lowest BCUT2D eigenvalue weighted by Gasteiger charge is -2.40. The summed E-state index contributed by atoms with van der Waals surface area (Å²) in [5.74, 6) is -1.84. The maximum absolute atomic E-state index is 14.1. The highest BCUT2D eigenvalue weighted by molar-refractivity contribution is 8.04. The Morgan fingerprint density at radius 3 is 2.92 bits per heavy atom. The van der Waals surface area contributed by atoms with Crippen molar-refractivity contribution in [3.8, 4) is 11.3 Å². The number of likely N-dealkylation sites (N-methyl/N-ethyl adjacent to an activating group) is 1. The Kier molecular flexibility index (Phi) is 4.52. The number of hydrogen-bond donors (Lipinski definition) is 1. The zero-order valence-corrected chi connectivity index (χ0v) is 15.5. The van der Waals surface area contributed by atoms with Crippen LogP contribution in [0.2, 0.25) is 0 Å². The van der Waals surface area contributed by atoms with Crippen molar-refractivity contribution >= 4 is 29.4 Å². The van der Waals surface area contributed by atoms with E-state index >= 15 is 0 Å². The van der Waals surface area contributed by atoms with Crippen LogP contribution in [0.15, 0.2) is 17.2 Å². The van der Waals surface area contributed by atoms with Gasteiger partial charge in [-0.1, -0.05) is 0 Å². The molecular formula is C19H20F2N4S. The number of fused-ring (bicyclic) bond motifs is 3. The van der Waals surface area contributed by atoms with Gasteiger partial charge in [0, 0.05) is 41.7 Å². The Morgan fingerprint density at radius 2 is 2.15 bits per heavy atom. The van der Waals surface area contributed by atoms with Crippen LogP contribution in [0.1, 0.15) is 12.5 Å². The summed E-state index contributed by atoms with van der Waals surface area (Å²) in [6.07, 6.45) is 4.99. The first-order valence-corrected chi connectivity index (χ1v) is 9.31. The maximum atomic E-state index is 14.1. The van der Waals surface area contributed by atoms with Crippen LogP contribution in [0.25, 0.3) is 17.3 Å². The third kappa shape index (κ3) is 2.83. The van der Waals surface area contributed by atoms with Crippen molar-refractivity contribution in [1.29, 1.82) is 0 Å². The molecule has 4 aliphatic rings. The van der Waals surface area contributed by atoms with Gasteiger partial charge in [0.2, 0.25) is 0 Å². The van der Waals surface area contributed by atoms with Crippen molar-refractivity contribution in [3.05, 3.63) is 47.7 Å². The van der Waals surface area contributed by atoms with E-state index in [1.165, 1.54) is 18.0 Å². The lowest BCUT2D eigenvalue weighted by Crippen LogP contribution is -2.51. The van der Waals surface area contributed by atoms with Gasteiger partial charge in [0.15, 0.2) is 11.6 Å². The molecular weight excluding hydrogens is 354 g/mol. The average Bonchev–Trinajstić information content (AvgIpc) is 2.84. The lowest BCUT2D eigenvalue weighted by molar-refractivity contribution is 0.247. The number of nitrogens with one attached hydrogen (secondary N) is 1. The van der Waals surface area contributed by atoms with E-state index in [4.69, 9.17) is 0 Å². The fourth-order valence-corrected chi connectivity index (χ4v) is 4.24. The first-order valence-electron chi connectivity index (χ1n) is 8.49. The van der Waals surface area contributed by atoms with Crippen LogP contribution in [0.4, 0.5) is 20.2 Å². The first-order chi connectivity index (χ1) is 12.5.